The summed E-state index contributed by atoms with van der Waals surface area (Å²) in [5.74, 6) is -1.29. The molecule has 0 aromatic carbocycles. The number of H-pyrrole nitrogens is 1. The number of nitrogens with zero attached hydrogens (tertiary/aromatic N) is 2. The van der Waals surface area contributed by atoms with Crippen molar-refractivity contribution in [1.29, 1.82) is 0 Å². The van der Waals surface area contributed by atoms with Gasteiger partial charge in [0.15, 0.2) is 17.5 Å². The SMILES string of the molecule is CCNc1nccc(C(=O)Nc2ccc(=O)[nH]n2)c1F. The molecule has 3 N–H and O–H groups in total. The summed E-state index contributed by atoms with van der Waals surface area (Å²) in [5.41, 5.74) is -0.559. The van der Waals surface area contributed by atoms with Crippen molar-refractivity contribution in [2.45, 2.75) is 6.92 Å². The zero-order chi connectivity index (χ0) is 14.5. The fourth-order valence-corrected chi connectivity index (χ4v) is 1.51. The molecule has 0 fully saturated rings. The first-order valence-corrected chi connectivity index (χ1v) is 5.87. The molecule has 0 saturated heterocycles. The number of hydrogen-bond acceptors (Lipinski definition) is 5. The number of rotatable bonds is 4. The van der Waals surface area contributed by atoms with E-state index in [9.17, 15) is 14.0 Å². The van der Waals surface area contributed by atoms with Gasteiger partial charge in [-0.25, -0.2) is 14.5 Å². The molecule has 104 valence electrons. The van der Waals surface area contributed by atoms with Gasteiger partial charge in [-0.1, -0.05) is 0 Å². The van der Waals surface area contributed by atoms with E-state index in [4.69, 9.17) is 0 Å². The molecule has 20 heavy (non-hydrogen) atoms. The number of amides is 1. The van der Waals surface area contributed by atoms with E-state index in [1.54, 1.807) is 6.92 Å². The Morgan fingerprint density at radius 3 is 2.85 bits per heavy atom. The van der Waals surface area contributed by atoms with Crippen molar-refractivity contribution in [1.82, 2.24) is 15.2 Å². The van der Waals surface area contributed by atoms with Crippen LogP contribution in [0.2, 0.25) is 0 Å². The lowest BCUT2D eigenvalue weighted by Crippen LogP contribution is -2.18. The molecule has 0 aliphatic rings. The third-order valence-corrected chi connectivity index (χ3v) is 2.40. The van der Waals surface area contributed by atoms with Crippen molar-refractivity contribution in [3.63, 3.8) is 0 Å². The number of anilines is 2. The van der Waals surface area contributed by atoms with Gasteiger partial charge in [0.25, 0.3) is 11.5 Å². The summed E-state index contributed by atoms with van der Waals surface area (Å²) in [7, 11) is 0. The highest BCUT2D eigenvalue weighted by molar-refractivity contribution is 6.04. The molecule has 8 heteroatoms. The Morgan fingerprint density at radius 1 is 1.40 bits per heavy atom. The molecule has 0 atom stereocenters. The van der Waals surface area contributed by atoms with Gasteiger partial charge in [-0.3, -0.25) is 9.59 Å². The van der Waals surface area contributed by atoms with E-state index in [1.165, 1.54) is 24.4 Å². The molecule has 0 saturated carbocycles. The molecule has 1 amide bonds. The van der Waals surface area contributed by atoms with Gasteiger partial charge in [-0.2, -0.15) is 5.10 Å². The Morgan fingerprint density at radius 2 is 2.20 bits per heavy atom. The zero-order valence-electron chi connectivity index (χ0n) is 10.6. The Labute approximate surface area is 113 Å². The molecular weight excluding hydrogens is 265 g/mol. The molecule has 0 unspecified atom stereocenters. The van der Waals surface area contributed by atoms with Crippen LogP contribution in [0.3, 0.4) is 0 Å². The number of aromatic amines is 1. The molecule has 2 aromatic rings. The van der Waals surface area contributed by atoms with Crippen LogP contribution in [0.15, 0.2) is 29.2 Å². The lowest BCUT2D eigenvalue weighted by molar-refractivity contribution is 0.102. The Bertz CT molecular complexity index is 665. The van der Waals surface area contributed by atoms with Gasteiger partial charge in [0, 0.05) is 18.8 Å². The summed E-state index contributed by atoms with van der Waals surface area (Å²) >= 11 is 0. The summed E-state index contributed by atoms with van der Waals surface area (Å²) in [6.07, 6.45) is 1.33. The molecule has 0 radical (unpaired) electrons. The summed E-state index contributed by atoms with van der Waals surface area (Å²) in [5, 5.41) is 10.9. The number of carbonyl (C=O) groups is 1. The van der Waals surface area contributed by atoms with E-state index < -0.39 is 17.3 Å². The van der Waals surface area contributed by atoms with E-state index in [2.05, 4.69) is 25.8 Å². The number of nitrogens with one attached hydrogen (secondary N) is 3. The Balaban J connectivity index is 2.23. The first-order chi connectivity index (χ1) is 9.61. The summed E-state index contributed by atoms with van der Waals surface area (Å²) in [6, 6.07) is 3.79. The van der Waals surface area contributed by atoms with Crippen LogP contribution in [-0.2, 0) is 0 Å². The molecule has 0 aliphatic carbocycles. The van der Waals surface area contributed by atoms with Crippen molar-refractivity contribution in [2.75, 3.05) is 17.2 Å². The van der Waals surface area contributed by atoms with Gasteiger partial charge in [0.05, 0.1) is 5.56 Å². The van der Waals surface area contributed by atoms with Crippen LogP contribution < -0.4 is 16.2 Å². The van der Waals surface area contributed by atoms with Gasteiger partial charge in [0.2, 0.25) is 0 Å². The minimum Gasteiger partial charge on any atom is -0.368 e. The fraction of sp³-hybridized carbons (Fsp3) is 0.167. The average Bonchev–Trinajstić information content (AvgIpc) is 2.44. The summed E-state index contributed by atoms with van der Waals surface area (Å²) in [6.45, 7) is 2.27. The van der Waals surface area contributed by atoms with Crippen LogP contribution in [0.4, 0.5) is 16.0 Å². The predicted octanol–water partition coefficient (Wildman–Crippen LogP) is 0.988. The second-order valence-electron chi connectivity index (χ2n) is 3.81. The van der Waals surface area contributed by atoms with E-state index in [1.807, 2.05) is 0 Å². The highest BCUT2D eigenvalue weighted by Crippen LogP contribution is 2.15. The summed E-state index contributed by atoms with van der Waals surface area (Å²) in [4.78, 5) is 26.6. The van der Waals surface area contributed by atoms with Crippen molar-refractivity contribution < 1.29 is 9.18 Å². The predicted molar refractivity (Wildman–Crippen MR) is 71.2 cm³/mol. The number of pyridine rings is 1. The van der Waals surface area contributed by atoms with Crippen LogP contribution in [0.5, 0.6) is 0 Å². The standard InChI is InChI=1S/C12H12FN5O2/c1-2-14-11-10(13)7(5-6-15-11)12(20)16-8-3-4-9(19)18-17-8/h3-6H,2H2,1H3,(H,14,15)(H,18,19)(H,16,17,20). The topological polar surface area (TPSA) is 99.8 Å². The number of hydrogen-bond donors (Lipinski definition) is 3. The first kappa shape index (κ1) is 13.7. The van der Waals surface area contributed by atoms with Gasteiger partial charge < -0.3 is 10.6 Å². The quantitative estimate of drug-likeness (QED) is 0.773. The molecule has 0 spiro atoms. The fourth-order valence-electron chi connectivity index (χ4n) is 1.51. The normalized spacial score (nSPS) is 10.1. The lowest BCUT2D eigenvalue weighted by Gasteiger charge is -2.08. The van der Waals surface area contributed by atoms with Gasteiger partial charge in [0.1, 0.15) is 0 Å². The summed E-state index contributed by atoms with van der Waals surface area (Å²) < 4.78 is 14.0. The minimum absolute atomic E-state index is 0.00887. The van der Waals surface area contributed by atoms with Crippen LogP contribution in [-0.4, -0.2) is 27.6 Å². The minimum atomic E-state index is -0.740. The number of aromatic nitrogens is 3. The maximum absolute atomic E-state index is 14.0. The smallest absolute Gasteiger partial charge is 0.264 e. The highest BCUT2D eigenvalue weighted by atomic mass is 19.1. The molecule has 7 nitrogen and oxygen atoms in total. The third kappa shape index (κ3) is 2.97. The van der Waals surface area contributed by atoms with E-state index >= 15 is 0 Å². The van der Waals surface area contributed by atoms with E-state index in [0.717, 1.165) is 0 Å². The number of halogens is 1. The number of carbonyl (C=O) groups excluding carboxylic acids is 1. The Kier molecular flexibility index (Phi) is 4.04. The molecular formula is C12H12FN5O2. The average molecular weight is 277 g/mol. The zero-order valence-corrected chi connectivity index (χ0v) is 10.6. The maximum Gasteiger partial charge on any atom is 0.264 e. The van der Waals surface area contributed by atoms with Crippen LogP contribution in [0.1, 0.15) is 17.3 Å². The van der Waals surface area contributed by atoms with Crippen LogP contribution in [0.25, 0.3) is 0 Å². The van der Waals surface area contributed by atoms with Gasteiger partial charge >= 0.3 is 0 Å². The van der Waals surface area contributed by atoms with Crippen molar-refractivity contribution in [3.05, 3.63) is 46.1 Å². The van der Waals surface area contributed by atoms with Crippen LogP contribution >= 0.6 is 0 Å². The molecule has 0 aliphatic heterocycles. The van der Waals surface area contributed by atoms with Crippen molar-refractivity contribution in [2.24, 2.45) is 0 Å². The second-order valence-corrected chi connectivity index (χ2v) is 3.81. The van der Waals surface area contributed by atoms with E-state index in [-0.39, 0.29) is 17.2 Å². The Hall–Kier alpha value is -2.77. The molecule has 2 heterocycles. The van der Waals surface area contributed by atoms with Gasteiger partial charge in [-0.05, 0) is 19.1 Å². The monoisotopic (exact) mass is 277 g/mol. The van der Waals surface area contributed by atoms with E-state index in [0.29, 0.717) is 6.54 Å². The molecule has 2 aromatic heterocycles. The maximum atomic E-state index is 14.0. The van der Waals surface area contributed by atoms with Gasteiger partial charge in [-0.15, -0.1) is 0 Å². The third-order valence-electron chi connectivity index (χ3n) is 2.40. The van der Waals surface area contributed by atoms with Crippen LogP contribution in [0, 0.1) is 5.82 Å². The van der Waals surface area contributed by atoms with Crippen molar-refractivity contribution in [3.8, 4) is 0 Å². The molecule has 2 rings (SSSR count). The largest absolute Gasteiger partial charge is 0.368 e. The highest BCUT2D eigenvalue weighted by Gasteiger charge is 2.16. The van der Waals surface area contributed by atoms with Crippen molar-refractivity contribution >= 4 is 17.5 Å². The lowest BCUT2D eigenvalue weighted by atomic mass is 10.2. The first-order valence-electron chi connectivity index (χ1n) is 5.87. The second kappa shape index (κ2) is 5.91. The molecule has 0 bridgehead atoms.